The summed E-state index contributed by atoms with van der Waals surface area (Å²) in [5, 5.41) is 17.6. The number of H-pyrrole nitrogens is 1. The standard InChI is InChI=1S/C21H24N6O3/c22-11-14(10-13-7-8-23-19(13)28)24-20(29)17(9-12-5-6-12)27-21(30)18-25-15-3-1-2-4-16(15)26-18/h1-4,12-14,17H,5-10H2,(H,23,28)(H,24,29)(H,25,26)(H,27,30)/t13-,14-,17-/m0/s1. The van der Waals surface area contributed by atoms with Crippen molar-refractivity contribution in [2.45, 2.75) is 44.2 Å². The quantitative estimate of drug-likeness (QED) is 0.516. The van der Waals surface area contributed by atoms with Crippen LogP contribution in [0.15, 0.2) is 24.3 Å². The van der Waals surface area contributed by atoms with Gasteiger partial charge in [-0.1, -0.05) is 25.0 Å². The van der Waals surface area contributed by atoms with Crippen molar-refractivity contribution in [3.63, 3.8) is 0 Å². The Balaban J connectivity index is 1.41. The maximum absolute atomic E-state index is 12.9. The van der Waals surface area contributed by atoms with E-state index in [9.17, 15) is 19.6 Å². The maximum Gasteiger partial charge on any atom is 0.287 e. The van der Waals surface area contributed by atoms with E-state index in [0.717, 1.165) is 18.4 Å². The third-order valence-electron chi connectivity index (χ3n) is 5.65. The van der Waals surface area contributed by atoms with E-state index < -0.39 is 23.9 Å². The number of hydrogen-bond donors (Lipinski definition) is 4. The van der Waals surface area contributed by atoms with E-state index >= 15 is 0 Å². The molecule has 0 bridgehead atoms. The summed E-state index contributed by atoms with van der Waals surface area (Å²) in [6.07, 6.45) is 3.48. The fraction of sp³-hybridized carbons (Fsp3) is 0.476. The lowest BCUT2D eigenvalue weighted by Gasteiger charge is -2.21. The molecular weight excluding hydrogens is 384 g/mol. The third kappa shape index (κ3) is 4.59. The summed E-state index contributed by atoms with van der Waals surface area (Å²) in [6, 6.07) is 7.83. The van der Waals surface area contributed by atoms with Crippen LogP contribution in [0.2, 0.25) is 0 Å². The molecule has 0 spiro atoms. The average Bonchev–Trinajstić information content (AvgIpc) is 3.30. The molecule has 1 aliphatic heterocycles. The van der Waals surface area contributed by atoms with Gasteiger partial charge in [0, 0.05) is 12.5 Å². The van der Waals surface area contributed by atoms with E-state index in [4.69, 9.17) is 0 Å². The van der Waals surface area contributed by atoms with Crippen molar-refractivity contribution in [3.05, 3.63) is 30.1 Å². The van der Waals surface area contributed by atoms with Gasteiger partial charge in [-0.2, -0.15) is 5.26 Å². The summed E-state index contributed by atoms with van der Waals surface area (Å²) in [7, 11) is 0. The molecule has 30 heavy (non-hydrogen) atoms. The Kier molecular flexibility index (Phi) is 5.65. The van der Waals surface area contributed by atoms with Crippen LogP contribution in [0.4, 0.5) is 0 Å². The molecule has 2 aromatic rings. The first-order valence-corrected chi connectivity index (χ1v) is 10.3. The number of hydrogen-bond acceptors (Lipinski definition) is 5. The molecule has 1 aliphatic carbocycles. The van der Waals surface area contributed by atoms with E-state index in [1.54, 1.807) is 6.07 Å². The Hall–Kier alpha value is -3.41. The fourth-order valence-corrected chi connectivity index (χ4v) is 3.78. The minimum absolute atomic E-state index is 0.0859. The number of nitrogens with zero attached hydrogens (tertiary/aromatic N) is 2. The lowest BCUT2D eigenvalue weighted by atomic mass is 9.98. The van der Waals surface area contributed by atoms with Gasteiger partial charge in [-0.25, -0.2) is 4.98 Å². The molecule has 3 amide bonds. The molecule has 4 N–H and O–H groups in total. The van der Waals surface area contributed by atoms with Crippen LogP contribution in [-0.4, -0.2) is 46.3 Å². The smallest absolute Gasteiger partial charge is 0.287 e. The van der Waals surface area contributed by atoms with Crippen molar-refractivity contribution >= 4 is 28.8 Å². The number of fused-ring (bicyclic) bond motifs is 1. The number of para-hydroxylation sites is 2. The summed E-state index contributed by atoms with van der Waals surface area (Å²) >= 11 is 0. The Morgan fingerprint density at radius 2 is 2.00 bits per heavy atom. The zero-order valence-corrected chi connectivity index (χ0v) is 16.5. The first kappa shape index (κ1) is 19.9. The summed E-state index contributed by atoms with van der Waals surface area (Å²) in [4.78, 5) is 44.6. The van der Waals surface area contributed by atoms with Gasteiger partial charge in [0.05, 0.1) is 17.1 Å². The van der Waals surface area contributed by atoms with E-state index in [0.29, 0.717) is 30.8 Å². The topological polar surface area (TPSA) is 140 Å². The van der Waals surface area contributed by atoms with Crippen molar-refractivity contribution in [3.8, 4) is 6.07 Å². The third-order valence-corrected chi connectivity index (χ3v) is 5.65. The first-order valence-electron chi connectivity index (χ1n) is 10.3. The molecule has 2 heterocycles. The van der Waals surface area contributed by atoms with Crippen LogP contribution in [-0.2, 0) is 9.59 Å². The van der Waals surface area contributed by atoms with Gasteiger partial charge in [-0.3, -0.25) is 14.4 Å². The highest BCUT2D eigenvalue weighted by atomic mass is 16.2. The van der Waals surface area contributed by atoms with Crippen LogP contribution in [0.3, 0.4) is 0 Å². The number of carbonyl (C=O) groups excluding carboxylic acids is 3. The van der Waals surface area contributed by atoms with Gasteiger partial charge in [0.25, 0.3) is 5.91 Å². The van der Waals surface area contributed by atoms with Gasteiger partial charge < -0.3 is 20.9 Å². The lowest BCUT2D eigenvalue weighted by Crippen LogP contribution is -2.50. The van der Waals surface area contributed by atoms with Gasteiger partial charge in [-0.05, 0) is 37.3 Å². The predicted octanol–water partition coefficient (Wildman–Crippen LogP) is 0.996. The second-order valence-corrected chi connectivity index (χ2v) is 8.01. The number of aromatic nitrogens is 2. The van der Waals surface area contributed by atoms with Gasteiger partial charge in [0.15, 0.2) is 5.82 Å². The molecule has 1 aromatic heterocycles. The van der Waals surface area contributed by atoms with E-state index in [-0.39, 0.29) is 24.1 Å². The molecule has 0 radical (unpaired) electrons. The van der Waals surface area contributed by atoms with Crippen LogP contribution in [0, 0.1) is 23.2 Å². The molecule has 1 saturated carbocycles. The SMILES string of the molecule is N#C[C@H](C[C@@H]1CCNC1=O)NC(=O)[C@H](CC1CC1)NC(=O)c1nc2ccccc2[nH]1. The summed E-state index contributed by atoms with van der Waals surface area (Å²) in [5.41, 5.74) is 1.41. The monoisotopic (exact) mass is 408 g/mol. The molecule has 9 heteroatoms. The molecule has 9 nitrogen and oxygen atoms in total. The Labute approximate surface area is 173 Å². The van der Waals surface area contributed by atoms with E-state index in [2.05, 4.69) is 32.0 Å². The summed E-state index contributed by atoms with van der Waals surface area (Å²) in [6.45, 7) is 0.591. The number of amides is 3. The molecule has 1 aromatic carbocycles. The predicted molar refractivity (Wildman–Crippen MR) is 108 cm³/mol. The van der Waals surface area contributed by atoms with Gasteiger partial charge in [0.2, 0.25) is 11.8 Å². The van der Waals surface area contributed by atoms with Gasteiger partial charge >= 0.3 is 0 Å². The number of nitrogens with one attached hydrogen (secondary N) is 4. The van der Waals surface area contributed by atoms with Crippen LogP contribution in [0.25, 0.3) is 11.0 Å². The fourth-order valence-electron chi connectivity index (χ4n) is 3.78. The van der Waals surface area contributed by atoms with Crippen LogP contribution < -0.4 is 16.0 Å². The number of aromatic amines is 1. The normalized spacial score (nSPS) is 20.2. The van der Waals surface area contributed by atoms with Gasteiger partial charge in [-0.15, -0.1) is 0 Å². The number of nitriles is 1. The van der Waals surface area contributed by atoms with Crippen molar-refractivity contribution in [1.82, 2.24) is 25.9 Å². The second-order valence-electron chi connectivity index (χ2n) is 8.01. The van der Waals surface area contributed by atoms with Crippen LogP contribution in [0.1, 0.15) is 42.7 Å². The van der Waals surface area contributed by atoms with Crippen LogP contribution >= 0.6 is 0 Å². The van der Waals surface area contributed by atoms with Gasteiger partial charge in [0.1, 0.15) is 12.1 Å². The minimum Gasteiger partial charge on any atom is -0.356 e. The zero-order chi connectivity index (χ0) is 21.1. The van der Waals surface area contributed by atoms with Crippen molar-refractivity contribution in [1.29, 1.82) is 5.26 Å². The zero-order valence-electron chi connectivity index (χ0n) is 16.5. The molecule has 2 fully saturated rings. The number of carbonyl (C=O) groups is 3. The molecule has 1 saturated heterocycles. The number of benzene rings is 1. The van der Waals surface area contributed by atoms with Crippen molar-refractivity contribution in [2.24, 2.45) is 11.8 Å². The molecule has 2 aliphatic rings. The summed E-state index contributed by atoms with van der Waals surface area (Å²) in [5.74, 6) is -0.701. The highest BCUT2D eigenvalue weighted by molar-refractivity contribution is 5.97. The Morgan fingerprint density at radius 3 is 2.67 bits per heavy atom. The van der Waals surface area contributed by atoms with Crippen molar-refractivity contribution < 1.29 is 14.4 Å². The first-order chi connectivity index (χ1) is 14.5. The van der Waals surface area contributed by atoms with Crippen molar-refractivity contribution in [2.75, 3.05) is 6.54 Å². The van der Waals surface area contributed by atoms with E-state index in [1.807, 2.05) is 18.2 Å². The van der Waals surface area contributed by atoms with Crippen LogP contribution in [0.5, 0.6) is 0 Å². The highest BCUT2D eigenvalue weighted by Gasteiger charge is 2.33. The number of imidazole rings is 1. The second kappa shape index (κ2) is 8.53. The molecule has 156 valence electrons. The van der Waals surface area contributed by atoms with E-state index in [1.165, 1.54) is 0 Å². The highest BCUT2D eigenvalue weighted by Crippen LogP contribution is 2.33. The number of rotatable bonds is 8. The lowest BCUT2D eigenvalue weighted by molar-refractivity contribution is -0.125. The summed E-state index contributed by atoms with van der Waals surface area (Å²) < 4.78 is 0. The molecule has 0 unspecified atom stereocenters. The largest absolute Gasteiger partial charge is 0.356 e. The molecular formula is C21H24N6O3. The Bertz CT molecular complexity index is 973. The molecule has 4 rings (SSSR count). The minimum atomic E-state index is -0.781. The Morgan fingerprint density at radius 1 is 1.20 bits per heavy atom. The maximum atomic E-state index is 12.9. The molecule has 3 atom stereocenters. The average molecular weight is 408 g/mol.